The third kappa shape index (κ3) is 4.72. The van der Waals surface area contributed by atoms with Crippen LogP contribution in [-0.2, 0) is 9.84 Å². The maximum atomic E-state index is 14.1. The summed E-state index contributed by atoms with van der Waals surface area (Å²) in [5.41, 5.74) is 0.0537. The van der Waals surface area contributed by atoms with E-state index in [9.17, 15) is 17.6 Å². The molecule has 1 aromatic heterocycles. The van der Waals surface area contributed by atoms with Crippen molar-refractivity contribution in [3.63, 3.8) is 0 Å². The lowest BCUT2D eigenvalue weighted by Crippen LogP contribution is -2.15. The fraction of sp³-hybridized carbons (Fsp3) is 0.0526. The Kier molecular flexibility index (Phi) is 5.57. The van der Waals surface area contributed by atoms with Gasteiger partial charge in [-0.25, -0.2) is 17.8 Å². The molecule has 0 fully saturated rings. The highest BCUT2D eigenvalue weighted by molar-refractivity contribution is 7.99. The first-order valence-corrected chi connectivity index (χ1v) is 10.5. The summed E-state index contributed by atoms with van der Waals surface area (Å²) in [5.74, 6) is -1.30. The predicted octanol–water partition coefficient (Wildman–Crippen LogP) is 4.03. The normalized spacial score (nSPS) is 11.2. The number of halogens is 1. The van der Waals surface area contributed by atoms with Crippen LogP contribution in [0.15, 0.2) is 81.7 Å². The Morgan fingerprint density at radius 2 is 1.81 bits per heavy atom. The van der Waals surface area contributed by atoms with Gasteiger partial charge in [0.25, 0.3) is 5.91 Å². The number of benzene rings is 2. The molecule has 0 unspecified atom stereocenters. The van der Waals surface area contributed by atoms with Crippen molar-refractivity contribution in [2.45, 2.75) is 14.8 Å². The van der Waals surface area contributed by atoms with Gasteiger partial charge in [-0.05, 0) is 42.5 Å². The quantitative estimate of drug-likeness (QED) is 0.652. The summed E-state index contributed by atoms with van der Waals surface area (Å²) in [4.78, 5) is 17.7. The van der Waals surface area contributed by atoms with E-state index in [-0.39, 0.29) is 16.1 Å². The number of amides is 1. The third-order valence-electron chi connectivity index (χ3n) is 3.59. The molecule has 138 valence electrons. The molecule has 1 heterocycles. The van der Waals surface area contributed by atoms with Gasteiger partial charge in [-0.1, -0.05) is 30.0 Å². The zero-order valence-electron chi connectivity index (χ0n) is 14.2. The van der Waals surface area contributed by atoms with E-state index < -0.39 is 21.6 Å². The number of rotatable bonds is 5. The van der Waals surface area contributed by atoms with E-state index in [0.717, 1.165) is 29.4 Å². The van der Waals surface area contributed by atoms with E-state index in [1.807, 2.05) is 30.3 Å². The second-order valence-electron chi connectivity index (χ2n) is 5.64. The largest absolute Gasteiger partial charge is 0.319 e. The van der Waals surface area contributed by atoms with Crippen molar-refractivity contribution in [3.8, 4) is 0 Å². The van der Waals surface area contributed by atoms with Gasteiger partial charge in [0.1, 0.15) is 10.8 Å². The first-order chi connectivity index (χ1) is 12.8. The van der Waals surface area contributed by atoms with Gasteiger partial charge in [-0.2, -0.15) is 0 Å². The molecule has 0 saturated heterocycles. The molecular formula is C19H15FN2O3S2. The van der Waals surface area contributed by atoms with Crippen LogP contribution in [0.25, 0.3) is 0 Å². The van der Waals surface area contributed by atoms with E-state index >= 15 is 0 Å². The summed E-state index contributed by atoms with van der Waals surface area (Å²) < 4.78 is 37.4. The molecule has 3 aromatic rings. The van der Waals surface area contributed by atoms with Crippen molar-refractivity contribution < 1.29 is 17.6 Å². The Morgan fingerprint density at radius 1 is 1.07 bits per heavy atom. The van der Waals surface area contributed by atoms with Gasteiger partial charge >= 0.3 is 0 Å². The first kappa shape index (κ1) is 19.1. The van der Waals surface area contributed by atoms with Crippen LogP contribution >= 0.6 is 11.8 Å². The maximum absolute atomic E-state index is 14.1. The van der Waals surface area contributed by atoms with Crippen LogP contribution in [-0.4, -0.2) is 25.6 Å². The lowest BCUT2D eigenvalue weighted by atomic mass is 10.2. The van der Waals surface area contributed by atoms with E-state index in [4.69, 9.17) is 0 Å². The molecule has 0 aliphatic heterocycles. The van der Waals surface area contributed by atoms with Crippen LogP contribution in [0.2, 0.25) is 0 Å². The monoisotopic (exact) mass is 402 g/mol. The molecule has 2 aromatic carbocycles. The number of aromatic nitrogens is 1. The average Bonchev–Trinajstić information content (AvgIpc) is 2.64. The lowest BCUT2D eigenvalue weighted by Gasteiger charge is -2.10. The Morgan fingerprint density at radius 3 is 2.52 bits per heavy atom. The maximum Gasteiger partial charge on any atom is 0.258 e. The van der Waals surface area contributed by atoms with Gasteiger partial charge in [-0.15, -0.1) is 0 Å². The van der Waals surface area contributed by atoms with Crippen LogP contribution in [0.1, 0.15) is 10.4 Å². The fourth-order valence-corrected chi connectivity index (χ4v) is 3.81. The molecule has 0 atom stereocenters. The molecule has 5 nitrogen and oxygen atoms in total. The number of carbonyl (C=O) groups excluding carboxylic acids is 1. The molecule has 0 saturated carbocycles. The van der Waals surface area contributed by atoms with E-state index in [2.05, 4.69) is 10.3 Å². The zero-order chi connectivity index (χ0) is 19.4. The lowest BCUT2D eigenvalue weighted by molar-refractivity contribution is 0.102. The van der Waals surface area contributed by atoms with E-state index in [1.165, 1.54) is 11.8 Å². The number of nitrogens with one attached hydrogen (secondary N) is 1. The van der Waals surface area contributed by atoms with Crippen LogP contribution in [0.5, 0.6) is 0 Å². The van der Waals surface area contributed by atoms with Gasteiger partial charge < -0.3 is 5.32 Å². The number of nitrogens with zero attached hydrogens (tertiary/aromatic N) is 1. The Labute approximate surface area is 160 Å². The fourth-order valence-electron chi connectivity index (χ4n) is 2.27. The summed E-state index contributed by atoms with van der Waals surface area (Å²) in [6.07, 6.45) is 2.58. The minimum absolute atomic E-state index is 0.0794. The topological polar surface area (TPSA) is 76.1 Å². The number of anilines is 1. The number of hydrogen-bond donors (Lipinski definition) is 1. The van der Waals surface area contributed by atoms with Crippen LogP contribution in [0.4, 0.5) is 10.1 Å². The van der Waals surface area contributed by atoms with Crippen molar-refractivity contribution in [3.05, 3.63) is 78.2 Å². The summed E-state index contributed by atoms with van der Waals surface area (Å²) in [6, 6.07) is 15.8. The Balaban J connectivity index is 1.90. The second kappa shape index (κ2) is 7.89. The van der Waals surface area contributed by atoms with Crippen LogP contribution in [0.3, 0.4) is 0 Å². The highest BCUT2D eigenvalue weighted by Gasteiger charge is 2.17. The molecule has 0 spiro atoms. The first-order valence-electron chi connectivity index (χ1n) is 7.83. The SMILES string of the molecule is CS(=O)(=O)c1ccc(F)c(NC(=O)c2cccnc2Sc2ccccc2)c1. The average molecular weight is 402 g/mol. The number of carbonyl (C=O) groups is 1. The minimum atomic E-state index is -3.53. The molecule has 3 rings (SSSR count). The number of pyridine rings is 1. The molecule has 8 heteroatoms. The number of hydrogen-bond acceptors (Lipinski definition) is 5. The molecule has 27 heavy (non-hydrogen) atoms. The predicted molar refractivity (Wildman–Crippen MR) is 102 cm³/mol. The number of sulfone groups is 1. The summed E-state index contributed by atoms with van der Waals surface area (Å²) in [6.45, 7) is 0. The molecule has 0 bridgehead atoms. The zero-order valence-corrected chi connectivity index (χ0v) is 15.9. The molecular weight excluding hydrogens is 387 g/mol. The molecule has 0 radical (unpaired) electrons. The Bertz CT molecular complexity index is 1090. The van der Waals surface area contributed by atoms with E-state index in [1.54, 1.807) is 18.3 Å². The van der Waals surface area contributed by atoms with Crippen molar-refractivity contribution in [2.24, 2.45) is 0 Å². The van der Waals surface area contributed by atoms with E-state index in [0.29, 0.717) is 5.03 Å². The van der Waals surface area contributed by atoms with Crippen molar-refractivity contribution in [2.75, 3.05) is 11.6 Å². The van der Waals surface area contributed by atoms with Gasteiger partial charge in [0.15, 0.2) is 9.84 Å². The molecule has 0 aliphatic rings. The Hall–Kier alpha value is -2.71. The molecule has 1 amide bonds. The van der Waals surface area contributed by atoms with Crippen molar-refractivity contribution in [1.82, 2.24) is 4.98 Å². The van der Waals surface area contributed by atoms with Crippen LogP contribution in [0, 0.1) is 5.82 Å². The highest BCUT2D eigenvalue weighted by atomic mass is 32.2. The molecule has 0 aliphatic carbocycles. The summed E-state index contributed by atoms with van der Waals surface area (Å²) in [5, 5.41) is 2.89. The van der Waals surface area contributed by atoms with Gasteiger partial charge in [-0.3, -0.25) is 4.79 Å². The molecule has 1 N–H and O–H groups in total. The van der Waals surface area contributed by atoms with Gasteiger partial charge in [0.2, 0.25) is 0 Å². The highest BCUT2D eigenvalue weighted by Crippen LogP contribution is 2.29. The summed E-state index contributed by atoms with van der Waals surface area (Å²) >= 11 is 1.30. The van der Waals surface area contributed by atoms with Crippen molar-refractivity contribution in [1.29, 1.82) is 0 Å². The van der Waals surface area contributed by atoms with Gasteiger partial charge in [0.05, 0.1) is 16.1 Å². The second-order valence-corrected chi connectivity index (χ2v) is 8.72. The van der Waals surface area contributed by atoms with Crippen molar-refractivity contribution >= 4 is 33.2 Å². The minimum Gasteiger partial charge on any atom is -0.319 e. The summed E-state index contributed by atoms with van der Waals surface area (Å²) in [7, 11) is -3.53. The third-order valence-corrected chi connectivity index (χ3v) is 5.72. The smallest absolute Gasteiger partial charge is 0.258 e. The van der Waals surface area contributed by atoms with Gasteiger partial charge in [0, 0.05) is 17.3 Å². The standard InChI is InChI=1S/C19H15FN2O3S2/c1-27(24,25)14-9-10-16(20)17(12-14)22-18(23)15-8-5-11-21-19(15)26-13-6-3-2-4-7-13/h2-12H,1H3,(H,22,23). The van der Waals surface area contributed by atoms with Crippen LogP contribution < -0.4 is 5.32 Å².